The van der Waals surface area contributed by atoms with E-state index >= 15 is 0 Å². The summed E-state index contributed by atoms with van der Waals surface area (Å²) in [4.78, 5) is 24.9. The normalized spacial score (nSPS) is 10.4. The van der Waals surface area contributed by atoms with Gasteiger partial charge in [0.2, 0.25) is 0 Å². The Kier molecular flexibility index (Phi) is 1.85. The molecule has 2 heterocycles. The molecule has 72 valence electrons. The maximum atomic E-state index is 11.3. The van der Waals surface area contributed by atoms with E-state index in [2.05, 4.69) is 9.72 Å². The highest BCUT2D eigenvalue weighted by Gasteiger charge is 2.19. The Morgan fingerprint density at radius 2 is 2.29 bits per heavy atom. The number of carbonyl (C=O) groups excluding carboxylic acids is 2. The minimum absolute atomic E-state index is 0.172. The van der Waals surface area contributed by atoms with Crippen molar-refractivity contribution in [2.24, 2.45) is 0 Å². The van der Waals surface area contributed by atoms with E-state index in [4.69, 9.17) is 4.42 Å². The van der Waals surface area contributed by atoms with Gasteiger partial charge in [-0.3, -0.25) is 4.79 Å². The van der Waals surface area contributed by atoms with E-state index in [0.29, 0.717) is 11.1 Å². The largest absolute Gasteiger partial charge is 0.463 e. The summed E-state index contributed by atoms with van der Waals surface area (Å²) in [5.74, 6) is -1.60. The van der Waals surface area contributed by atoms with Crippen molar-refractivity contribution in [3.05, 3.63) is 24.1 Å². The third-order valence-electron chi connectivity index (χ3n) is 1.86. The molecule has 2 aromatic rings. The van der Waals surface area contributed by atoms with Crippen molar-refractivity contribution in [2.75, 3.05) is 7.11 Å². The first-order valence-electron chi connectivity index (χ1n) is 3.91. The van der Waals surface area contributed by atoms with Gasteiger partial charge in [-0.15, -0.1) is 0 Å². The van der Waals surface area contributed by atoms with Crippen LogP contribution in [0.1, 0.15) is 10.5 Å². The van der Waals surface area contributed by atoms with Crippen molar-refractivity contribution < 1.29 is 18.7 Å². The maximum Gasteiger partial charge on any atom is 0.380 e. The van der Waals surface area contributed by atoms with Crippen molar-refractivity contribution in [3.8, 4) is 0 Å². The fraction of sp³-hybridized carbons (Fsp3) is 0.111. The number of fused-ring (bicyclic) bond motifs is 1. The first-order chi connectivity index (χ1) is 6.72. The van der Waals surface area contributed by atoms with Gasteiger partial charge in [0, 0.05) is 12.1 Å². The van der Waals surface area contributed by atoms with Crippen molar-refractivity contribution in [1.82, 2.24) is 4.98 Å². The van der Waals surface area contributed by atoms with Crippen LogP contribution in [-0.4, -0.2) is 23.8 Å². The van der Waals surface area contributed by atoms with Crippen molar-refractivity contribution in [1.29, 1.82) is 0 Å². The molecule has 0 radical (unpaired) electrons. The SMILES string of the molecule is COC(=O)C(=O)c1cc2occc2[nH]1. The molecule has 0 saturated heterocycles. The van der Waals surface area contributed by atoms with Crippen LogP contribution in [0.3, 0.4) is 0 Å². The lowest BCUT2D eigenvalue weighted by Crippen LogP contribution is -2.15. The predicted octanol–water partition coefficient (Wildman–Crippen LogP) is 1.12. The summed E-state index contributed by atoms with van der Waals surface area (Å²) in [5.41, 5.74) is 1.39. The van der Waals surface area contributed by atoms with Crippen LogP contribution in [0.4, 0.5) is 0 Å². The Labute approximate surface area is 78.6 Å². The Morgan fingerprint density at radius 1 is 1.50 bits per heavy atom. The molecule has 0 unspecified atom stereocenters. The second-order valence-electron chi connectivity index (χ2n) is 2.70. The molecule has 0 aliphatic carbocycles. The van der Waals surface area contributed by atoms with Crippen LogP contribution in [0.25, 0.3) is 11.1 Å². The van der Waals surface area contributed by atoms with Crippen LogP contribution in [0.2, 0.25) is 0 Å². The number of carbonyl (C=O) groups is 2. The van der Waals surface area contributed by atoms with Gasteiger partial charge in [-0.25, -0.2) is 4.79 Å². The fourth-order valence-electron chi connectivity index (χ4n) is 1.17. The van der Waals surface area contributed by atoms with Gasteiger partial charge >= 0.3 is 5.97 Å². The number of nitrogens with one attached hydrogen (secondary N) is 1. The number of hydrogen-bond donors (Lipinski definition) is 1. The molecule has 5 nitrogen and oxygen atoms in total. The molecule has 0 amide bonds. The summed E-state index contributed by atoms with van der Waals surface area (Å²) >= 11 is 0. The lowest BCUT2D eigenvalue weighted by molar-refractivity contribution is -0.135. The molecule has 0 atom stereocenters. The zero-order chi connectivity index (χ0) is 10.1. The Morgan fingerprint density at radius 3 is 2.93 bits per heavy atom. The standard InChI is InChI=1S/C9H7NO4/c1-13-9(12)8(11)6-4-7-5(10-6)2-3-14-7/h2-4,10H,1H3. The average molecular weight is 193 g/mol. The zero-order valence-electron chi connectivity index (χ0n) is 7.37. The van der Waals surface area contributed by atoms with Crippen LogP contribution < -0.4 is 0 Å². The summed E-state index contributed by atoms with van der Waals surface area (Å²) in [6.45, 7) is 0. The molecule has 0 fully saturated rings. The van der Waals surface area contributed by atoms with Gasteiger partial charge in [-0.2, -0.15) is 0 Å². The zero-order valence-corrected chi connectivity index (χ0v) is 7.37. The van der Waals surface area contributed by atoms with E-state index < -0.39 is 11.8 Å². The number of ketones is 1. The third-order valence-corrected chi connectivity index (χ3v) is 1.86. The topological polar surface area (TPSA) is 72.3 Å². The van der Waals surface area contributed by atoms with Crippen LogP contribution >= 0.6 is 0 Å². The van der Waals surface area contributed by atoms with Crippen molar-refractivity contribution in [3.63, 3.8) is 0 Å². The van der Waals surface area contributed by atoms with Crippen LogP contribution in [-0.2, 0) is 9.53 Å². The van der Waals surface area contributed by atoms with Gasteiger partial charge in [0.05, 0.1) is 24.6 Å². The fourth-order valence-corrected chi connectivity index (χ4v) is 1.17. The minimum Gasteiger partial charge on any atom is -0.463 e. The van der Waals surface area contributed by atoms with E-state index in [9.17, 15) is 9.59 Å². The van der Waals surface area contributed by atoms with E-state index in [1.807, 2.05) is 0 Å². The molecule has 0 aliphatic heterocycles. The molecule has 1 N–H and O–H groups in total. The molecule has 5 heteroatoms. The number of ether oxygens (including phenoxy) is 1. The first kappa shape index (κ1) is 8.55. The summed E-state index contributed by atoms with van der Waals surface area (Å²) in [5, 5.41) is 0. The van der Waals surface area contributed by atoms with Gasteiger partial charge in [0.1, 0.15) is 0 Å². The Balaban J connectivity index is 2.40. The van der Waals surface area contributed by atoms with E-state index in [1.165, 1.54) is 12.3 Å². The van der Waals surface area contributed by atoms with Gasteiger partial charge < -0.3 is 14.1 Å². The van der Waals surface area contributed by atoms with E-state index in [-0.39, 0.29) is 5.69 Å². The molecule has 2 aromatic heterocycles. The van der Waals surface area contributed by atoms with E-state index in [0.717, 1.165) is 7.11 Å². The minimum atomic E-state index is -0.895. The summed E-state index contributed by atoms with van der Waals surface area (Å²) in [7, 11) is 1.16. The van der Waals surface area contributed by atoms with Crippen LogP contribution in [0.5, 0.6) is 0 Å². The lowest BCUT2D eigenvalue weighted by atomic mass is 10.3. The maximum absolute atomic E-state index is 11.3. The third kappa shape index (κ3) is 1.19. The molecule has 0 saturated carbocycles. The smallest absolute Gasteiger partial charge is 0.380 e. The van der Waals surface area contributed by atoms with Gasteiger partial charge in [0.25, 0.3) is 5.78 Å². The average Bonchev–Trinajstić information content (AvgIpc) is 2.74. The summed E-state index contributed by atoms with van der Waals surface area (Å²) < 4.78 is 9.33. The number of hydrogen-bond acceptors (Lipinski definition) is 4. The molecule has 14 heavy (non-hydrogen) atoms. The number of furan rings is 1. The van der Waals surface area contributed by atoms with Gasteiger partial charge in [-0.1, -0.05) is 0 Å². The number of esters is 1. The predicted molar refractivity (Wildman–Crippen MR) is 46.9 cm³/mol. The van der Waals surface area contributed by atoms with Crippen LogP contribution in [0, 0.1) is 0 Å². The van der Waals surface area contributed by atoms with Gasteiger partial charge in [-0.05, 0) is 0 Å². The number of Topliss-reactive ketones (excluding diaryl/α,β-unsaturated/α-hetero) is 1. The highest BCUT2D eigenvalue weighted by molar-refractivity contribution is 6.40. The quantitative estimate of drug-likeness (QED) is 0.440. The lowest BCUT2D eigenvalue weighted by Gasteiger charge is -1.93. The molecule has 0 spiro atoms. The first-order valence-corrected chi connectivity index (χ1v) is 3.91. The summed E-state index contributed by atoms with van der Waals surface area (Å²) in [6, 6.07) is 3.14. The molecule has 0 aliphatic rings. The van der Waals surface area contributed by atoms with E-state index in [1.54, 1.807) is 6.07 Å². The van der Waals surface area contributed by atoms with Crippen molar-refractivity contribution >= 4 is 22.9 Å². The molecule has 0 aromatic carbocycles. The molecule has 2 rings (SSSR count). The second-order valence-corrected chi connectivity index (χ2v) is 2.70. The Bertz CT molecular complexity index is 465. The number of rotatable bonds is 2. The highest BCUT2D eigenvalue weighted by atomic mass is 16.5. The highest BCUT2D eigenvalue weighted by Crippen LogP contribution is 2.16. The number of H-pyrrole nitrogens is 1. The number of aromatic nitrogens is 1. The molecular formula is C9H7NO4. The molecule has 0 bridgehead atoms. The van der Waals surface area contributed by atoms with Gasteiger partial charge in [0.15, 0.2) is 5.58 Å². The van der Waals surface area contributed by atoms with Crippen molar-refractivity contribution in [2.45, 2.75) is 0 Å². The summed E-state index contributed by atoms with van der Waals surface area (Å²) in [6.07, 6.45) is 1.49. The Hall–Kier alpha value is -2.04. The molecular weight excluding hydrogens is 186 g/mol. The number of methoxy groups -OCH3 is 1. The second kappa shape index (κ2) is 3.02. The number of aromatic amines is 1. The van der Waals surface area contributed by atoms with Crippen LogP contribution in [0.15, 0.2) is 22.8 Å². The monoisotopic (exact) mass is 193 g/mol.